The Morgan fingerprint density at radius 2 is 1.91 bits per heavy atom. The SMILES string of the molecule is CCn1nc(C(=O)Nc2cccc(Br)c2)c2ccccc2c1=O. The van der Waals surface area contributed by atoms with Crippen molar-refractivity contribution in [3.63, 3.8) is 0 Å². The third-order valence-electron chi connectivity index (χ3n) is 3.46. The summed E-state index contributed by atoms with van der Waals surface area (Å²) >= 11 is 3.37. The van der Waals surface area contributed by atoms with Crippen LogP contribution in [-0.4, -0.2) is 15.7 Å². The van der Waals surface area contributed by atoms with Gasteiger partial charge in [-0.3, -0.25) is 9.59 Å². The molecule has 0 saturated carbocycles. The summed E-state index contributed by atoms with van der Waals surface area (Å²) in [6.45, 7) is 2.22. The lowest BCUT2D eigenvalue weighted by Gasteiger charge is -2.10. The van der Waals surface area contributed by atoms with Crippen LogP contribution in [0.5, 0.6) is 0 Å². The Morgan fingerprint density at radius 1 is 1.17 bits per heavy atom. The number of anilines is 1. The summed E-state index contributed by atoms with van der Waals surface area (Å²) in [4.78, 5) is 24.9. The predicted octanol–water partition coefficient (Wildman–Crippen LogP) is 3.43. The molecule has 1 amide bonds. The fourth-order valence-corrected chi connectivity index (χ4v) is 2.77. The number of rotatable bonds is 3. The van der Waals surface area contributed by atoms with Crippen molar-refractivity contribution in [2.45, 2.75) is 13.5 Å². The zero-order valence-electron chi connectivity index (χ0n) is 12.4. The number of carbonyl (C=O) groups excluding carboxylic acids is 1. The summed E-state index contributed by atoms with van der Waals surface area (Å²) in [6, 6.07) is 14.3. The molecule has 0 fully saturated rings. The van der Waals surface area contributed by atoms with Gasteiger partial charge in [0.15, 0.2) is 5.69 Å². The molecule has 116 valence electrons. The quantitative estimate of drug-likeness (QED) is 0.766. The van der Waals surface area contributed by atoms with E-state index in [1.54, 1.807) is 36.4 Å². The van der Waals surface area contributed by atoms with Gasteiger partial charge in [0.1, 0.15) is 0 Å². The van der Waals surface area contributed by atoms with E-state index >= 15 is 0 Å². The molecule has 3 aromatic rings. The van der Waals surface area contributed by atoms with Gasteiger partial charge in [-0.15, -0.1) is 0 Å². The molecule has 3 rings (SSSR count). The second-order valence-corrected chi connectivity index (χ2v) is 5.90. The standard InChI is InChI=1S/C17H14BrN3O2/c1-2-21-17(23)14-9-4-3-8-13(14)15(20-21)16(22)19-12-7-5-6-11(18)10-12/h3-10H,2H2,1H3,(H,19,22). The largest absolute Gasteiger partial charge is 0.321 e. The molecule has 0 aliphatic carbocycles. The third kappa shape index (κ3) is 3.03. The molecular formula is C17H14BrN3O2. The summed E-state index contributed by atoms with van der Waals surface area (Å²) in [6.07, 6.45) is 0. The van der Waals surface area contributed by atoms with Gasteiger partial charge in [-0.25, -0.2) is 4.68 Å². The van der Waals surface area contributed by atoms with Crippen molar-refractivity contribution in [3.8, 4) is 0 Å². The Labute approximate surface area is 141 Å². The van der Waals surface area contributed by atoms with Gasteiger partial charge in [-0.1, -0.05) is 40.2 Å². The average molecular weight is 372 g/mol. The number of nitrogens with zero attached hydrogens (tertiary/aromatic N) is 2. The smallest absolute Gasteiger partial charge is 0.276 e. The maximum Gasteiger partial charge on any atom is 0.276 e. The number of hydrogen-bond acceptors (Lipinski definition) is 3. The first-order valence-electron chi connectivity index (χ1n) is 7.17. The number of carbonyl (C=O) groups is 1. The van der Waals surface area contributed by atoms with Crippen LogP contribution in [0.1, 0.15) is 17.4 Å². The van der Waals surface area contributed by atoms with Crippen LogP contribution >= 0.6 is 15.9 Å². The van der Waals surface area contributed by atoms with E-state index < -0.39 is 0 Å². The first-order chi connectivity index (χ1) is 11.1. The lowest BCUT2D eigenvalue weighted by molar-refractivity contribution is 0.102. The van der Waals surface area contributed by atoms with E-state index in [2.05, 4.69) is 26.3 Å². The molecule has 0 spiro atoms. The first kappa shape index (κ1) is 15.4. The van der Waals surface area contributed by atoms with Gasteiger partial charge >= 0.3 is 0 Å². The van der Waals surface area contributed by atoms with Crippen LogP contribution in [0.3, 0.4) is 0 Å². The number of nitrogens with one attached hydrogen (secondary N) is 1. The maximum atomic E-state index is 12.6. The van der Waals surface area contributed by atoms with Crippen molar-refractivity contribution in [2.75, 3.05) is 5.32 Å². The number of halogens is 1. The highest BCUT2D eigenvalue weighted by atomic mass is 79.9. The van der Waals surface area contributed by atoms with Crippen molar-refractivity contribution >= 4 is 38.3 Å². The number of aryl methyl sites for hydroxylation is 1. The van der Waals surface area contributed by atoms with E-state index in [1.807, 2.05) is 19.1 Å². The molecule has 1 heterocycles. The molecule has 0 bridgehead atoms. The minimum atomic E-state index is -0.346. The molecule has 0 saturated heterocycles. The molecule has 0 aliphatic rings. The van der Waals surface area contributed by atoms with E-state index in [0.29, 0.717) is 23.0 Å². The average Bonchev–Trinajstić information content (AvgIpc) is 2.55. The summed E-state index contributed by atoms with van der Waals surface area (Å²) in [5, 5.41) is 8.07. The summed E-state index contributed by atoms with van der Waals surface area (Å²) in [5.74, 6) is -0.346. The molecule has 0 radical (unpaired) electrons. The lowest BCUT2D eigenvalue weighted by atomic mass is 10.1. The molecule has 6 heteroatoms. The van der Waals surface area contributed by atoms with Gasteiger partial charge in [0.25, 0.3) is 11.5 Å². The van der Waals surface area contributed by atoms with Crippen molar-refractivity contribution in [2.24, 2.45) is 0 Å². The van der Waals surface area contributed by atoms with Gasteiger partial charge in [-0.2, -0.15) is 5.10 Å². The highest BCUT2D eigenvalue weighted by Crippen LogP contribution is 2.18. The van der Waals surface area contributed by atoms with E-state index in [-0.39, 0.29) is 17.2 Å². The van der Waals surface area contributed by atoms with E-state index in [4.69, 9.17) is 0 Å². The van der Waals surface area contributed by atoms with Gasteiger partial charge in [0, 0.05) is 22.1 Å². The van der Waals surface area contributed by atoms with Crippen LogP contribution < -0.4 is 10.9 Å². The maximum absolute atomic E-state index is 12.6. The van der Waals surface area contributed by atoms with E-state index in [9.17, 15) is 9.59 Å². The normalized spacial score (nSPS) is 10.7. The van der Waals surface area contributed by atoms with Gasteiger partial charge in [0.2, 0.25) is 0 Å². The van der Waals surface area contributed by atoms with Crippen molar-refractivity contribution < 1.29 is 4.79 Å². The van der Waals surface area contributed by atoms with Crippen LogP contribution in [0.15, 0.2) is 57.8 Å². The molecule has 2 aromatic carbocycles. The number of benzene rings is 2. The number of fused-ring (bicyclic) bond motifs is 1. The summed E-state index contributed by atoms with van der Waals surface area (Å²) < 4.78 is 2.17. The van der Waals surface area contributed by atoms with E-state index in [0.717, 1.165) is 4.47 Å². The van der Waals surface area contributed by atoms with Crippen LogP contribution in [0, 0.1) is 0 Å². The molecule has 0 atom stereocenters. The predicted molar refractivity (Wildman–Crippen MR) is 93.8 cm³/mol. The second-order valence-electron chi connectivity index (χ2n) is 4.98. The summed E-state index contributed by atoms with van der Waals surface area (Å²) in [7, 11) is 0. The Bertz CT molecular complexity index is 950. The highest BCUT2D eigenvalue weighted by Gasteiger charge is 2.16. The summed E-state index contributed by atoms with van der Waals surface area (Å²) in [5.41, 5.74) is 0.702. The molecule has 0 unspecified atom stereocenters. The fourth-order valence-electron chi connectivity index (χ4n) is 2.37. The van der Waals surface area contributed by atoms with Crippen LogP contribution in [0.4, 0.5) is 5.69 Å². The molecule has 23 heavy (non-hydrogen) atoms. The Morgan fingerprint density at radius 3 is 2.61 bits per heavy atom. The number of amides is 1. The Kier molecular flexibility index (Phi) is 4.25. The minimum absolute atomic E-state index is 0.192. The second kappa shape index (κ2) is 6.34. The van der Waals surface area contributed by atoms with Gasteiger partial charge in [0.05, 0.1) is 5.39 Å². The van der Waals surface area contributed by atoms with Crippen molar-refractivity contribution in [3.05, 3.63) is 69.1 Å². The van der Waals surface area contributed by atoms with Gasteiger partial charge in [-0.05, 0) is 31.2 Å². The topological polar surface area (TPSA) is 64.0 Å². The Hall–Kier alpha value is -2.47. The number of aromatic nitrogens is 2. The van der Waals surface area contributed by atoms with Gasteiger partial charge < -0.3 is 5.32 Å². The van der Waals surface area contributed by atoms with E-state index in [1.165, 1.54) is 4.68 Å². The molecule has 0 aliphatic heterocycles. The monoisotopic (exact) mass is 371 g/mol. The lowest BCUT2D eigenvalue weighted by Crippen LogP contribution is -2.27. The molecule has 1 aromatic heterocycles. The molecule has 5 nitrogen and oxygen atoms in total. The zero-order chi connectivity index (χ0) is 16.4. The van der Waals surface area contributed by atoms with Crippen molar-refractivity contribution in [1.82, 2.24) is 9.78 Å². The zero-order valence-corrected chi connectivity index (χ0v) is 14.0. The first-order valence-corrected chi connectivity index (χ1v) is 7.96. The third-order valence-corrected chi connectivity index (χ3v) is 3.96. The Balaban J connectivity index is 2.10. The van der Waals surface area contributed by atoms with Crippen LogP contribution in [0.2, 0.25) is 0 Å². The van der Waals surface area contributed by atoms with Crippen LogP contribution in [-0.2, 0) is 6.54 Å². The highest BCUT2D eigenvalue weighted by molar-refractivity contribution is 9.10. The molecular weight excluding hydrogens is 358 g/mol. The van der Waals surface area contributed by atoms with Crippen LogP contribution in [0.25, 0.3) is 10.8 Å². The van der Waals surface area contributed by atoms with Crippen molar-refractivity contribution in [1.29, 1.82) is 0 Å². The number of hydrogen-bond donors (Lipinski definition) is 1. The fraction of sp³-hybridized carbons (Fsp3) is 0.118. The minimum Gasteiger partial charge on any atom is -0.321 e. The molecule has 1 N–H and O–H groups in total.